The zero-order valence-corrected chi connectivity index (χ0v) is 14.3. The number of carbonyl (C=O) groups excluding carboxylic acids is 1. The molecule has 1 N–H and O–H groups in total. The maximum atomic E-state index is 12.9. The molecule has 6 heteroatoms. The van der Waals surface area contributed by atoms with Crippen LogP contribution in [0.4, 0.5) is 4.39 Å². The fourth-order valence-corrected chi connectivity index (χ4v) is 2.77. The Hall–Kier alpha value is -2.53. The van der Waals surface area contributed by atoms with Crippen LogP contribution >= 0.6 is 11.6 Å². The number of amides is 1. The van der Waals surface area contributed by atoms with Crippen molar-refractivity contribution in [3.8, 4) is 11.5 Å². The van der Waals surface area contributed by atoms with E-state index in [1.54, 1.807) is 30.3 Å². The highest BCUT2D eigenvalue weighted by Gasteiger charge is 2.16. The Bertz CT molecular complexity index is 805. The second-order valence-corrected chi connectivity index (χ2v) is 6.05. The largest absolute Gasteiger partial charge is 0.486 e. The van der Waals surface area contributed by atoms with Crippen molar-refractivity contribution in [2.24, 2.45) is 0 Å². The van der Waals surface area contributed by atoms with Gasteiger partial charge in [0, 0.05) is 6.08 Å². The summed E-state index contributed by atoms with van der Waals surface area (Å²) in [4.78, 5) is 12.1. The van der Waals surface area contributed by atoms with Gasteiger partial charge in [0.05, 0.1) is 11.1 Å². The molecule has 2 aromatic rings. The molecular formula is C19H17ClFNO3. The summed E-state index contributed by atoms with van der Waals surface area (Å²) in [6.07, 6.45) is 3.07. The summed E-state index contributed by atoms with van der Waals surface area (Å²) in [5, 5.41) is 3.27. The Morgan fingerprint density at radius 1 is 1.24 bits per heavy atom. The first kappa shape index (κ1) is 17.3. The summed E-state index contributed by atoms with van der Waals surface area (Å²) in [7, 11) is 0. The minimum Gasteiger partial charge on any atom is -0.486 e. The number of rotatable bonds is 4. The van der Waals surface area contributed by atoms with Gasteiger partial charge in [0.2, 0.25) is 5.91 Å². The lowest BCUT2D eigenvalue weighted by atomic mass is 10.1. The van der Waals surface area contributed by atoms with Gasteiger partial charge >= 0.3 is 0 Å². The normalized spacial score (nSPS) is 14.4. The number of nitrogens with one attached hydrogen (secondary N) is 1. The summed E-state index contributed by atoms with van der Waals surface area (Å²) < 4.78 is 23.9. The molecule has 1 aliphatic rings. The molecule has 1 amide bonds. The molecule has 0 spiro atoms. The van der Waals surface area contributed by atoms with Crippen LogP contribution < -0.4 is 14.8 Å². The van der Waals surface area contributed by atoms with Gasteiger partial charge in [-0.05, 0) is 48.4 Å². The fraction of sp³-hybridized carbons (Fsp3) is 0.211. The summed E-state index contributed by atoms with van der Waals surface area (Å²) in [5.74, 6) is 0.526. The van der Waals surface area contributed by atoms with Crippen molar-refractivity contribution in [3.63, 3.8) is 0 Å². The van der Waals surface area contributed by atoms with E-state index in [0.717, 1.165) is 11.1 Å². The molecule has 1 aliphatic heterocycles. The monoisotopic (exact) mass is 361 g/mol. The van der Waals surface area contributed by atoms with Crippen molar-refractivity contribution in [2.75, 3.05) is 13.2 Å². The first-order chi connectivity index (χ1) is 12.0. The van der Waals surface area contributed by atoms with Gasteiger partial charge in [-0.3, -0.25) is 4.79 Å². The van der Waals surface area contributed by atoms with Crippen LogP contribution in [0, 0.1) is 5.82 Å². The first-order valence-electron chi connectivity index (χ1n) is 7.86. The Morgan fingerprint density at radius 2 is 1.96 bits per heavy atom. The molecular weight excluding hydrogens is 345 g/mol. The smallest absolute Gasteiger partial charge is 0.244 e. The van der Waals surface area contributed by atoms with Crippen LogP contribution in [0.1, 0.15) is 24.1 Å². The van der Waals surface area contributed by atoms with Crippen LogP contribution in [0.2, 0.25) is 5.02 Å². The topological polar surface area (TPSA) is 47.6 Å². The van der Waals surface area contributed by atoms with E-state index in [1.807, 2.05) is 6.92 Å². The molecule has 4 nitrogen and oxygen atoms in total. The van der Waals surface area contributed by atoms with Crippen molar-refractivity contribution in [1.82, 2.24) is 5.32 Å². The van der Waals surface area contributed by atoms with E-state index in [1.165, 1.54) is 18.2 Å². The van der Waals surface area contributed by atoms with Crippen molar-refractivity contribution in [2.45, 2.75) is 13.0 Å². The zero-order valence-electron chi connectivity index (χ0n) is 13.6. The molecule has 130 valence electrons. The Balaban J connectivity index is 1.66. The Kier molecular flexibility index (Phi) is 5.24. The molecule has 0 bridgehead atoms. The molecule has 3 rings (SSSR count). The summed E-state index contributed by atoms with van der Waals surface area (Å²) in [5.41, 5.74) is 1.56. The van der Waals surface area contributed by atoms with Crippen LogP contribution in [0.15, 0.2) is 42.5 Å². The van der Waals surface area contributed by atoms with E-state index in [-0.39, 0.29) is 17.8 Å². The minimum atomic E-state index is -0.308. The van der Waals surface area contributed by atoms with Crippen LogP contribution in [-0.2, 0) is 4.79 Å². The SMILES string of the molecule is C[C@H](NC(=O)/C=C/c1cc(Cl)c2c(c1)OCCO2)c1ccc(F)cc1. The van der Waals surface area contributed by atoms with Crippen molar-refractivity contribution in [1.29, 1.82) is 0 Å². The first-order valence-corrected chi connectivity index (χ1v) is 8.24. The molecule has 0 aliphatic carbocycles. The maximum absolute atomic E-state index is 12.9. The average Bonchev–Trinajstić information content (AvgIpc) is 2.60. The van der Waals surface area contributed by atoms with E-state index >= 15 is 0 Å². The Labute approximate surface area is 150 Å². The highest BCUT2D eigenvalue weighted by molar-refractivity contribution is 6.32. The predicted molar refractivity (Wildman–Crippen MR) is 94.4 cm³/mol. The quantitative estimate of drug-likeness (QED) is 0.832. The minimum absolute atomic E-state index is 0.235. The highest BCUT2D eigenvalue weighted by Crippen LogP contribution is 2.38. The van der Waals surface area contributed by atoms with E-state index in [4.69, 9.17) is 21.1 Å². The number of hydrogen-bond donors (Lipinski definition) is 1. The van der Waals surface area contributed by atoms with Crippen LogP contribution in [0.3, 0.4) is 0 Å². The number of halogens is 2. The Morgan fingerprint density at radius 3 is 2.72 bits per heavy atom. The van der Waals surface area contributed by atoms with Crippen molar-refractivity contribution >= 4 is 23.6 Å². The van der Waals surface area contributed by atoms with Crippen molar-refractivity contribution < 1.29 is 18.7 Å². The molecule has 0 saturated carbocycles. The molecule has 0 fully saturated rings. The fourth-order valence-electron chi connectivity index (χ4n) is 2.50. The number of hydrogen-bond acceptors (Lipinski definition) is 3. The molecule has 1 atom stereocenters. The maximum Gasteiger partial charge on any atom is 0.244 e. The zero-order chi connectivity index (χ0) is 17.8. The van der Waals surface area contributed by atoms with Gasteiger partial charge in [-0.2, -0.15) is 0 Å². The van der Waals surface area contributed by atoms with E-state index in [0.29, 0.717) is 29.7 Å². The third-order valence-electron chi connectivity index (χ3n) is 3.78. The van der Waals surface area contributed by atoms with Crippen LogP contribution in [-0.4, -0.2) is 19.1 Å². The summed E-state index contributed by atoms with van der Waals surface area (Å²) in [6.45, 7) is 2.76. The molecule has 25 heavy (non-hydrogen) atoms. The number of fused-ring (bicyclic) bond motifs is 1. The molecule has 0 saturated heterocycles. The van der Waals surface area contributed by atoms with E-state index < -0.39 is 0 Å². The van der Waals surface area contributed by atoms with E-state index in [9.17, 15) is 9.18 Å². The average molecular weight is 362 g/mol. The van der Waals surface area contributed by atoms with Gasteiger partial charge in [-0.25, -0.2) is 4.39 Å². The molecule has 1 heterocycles. The third-order valence-corrected chi connectivity index (χ3v) is 4.06. The highest BCUT2D eigenvalue weighted by atomic mass is 35.5. The lowest BCUT2D eigenvalue weighted by Gasteiger charge is -2.19. The molecule has 0 unspecified atom stereocenters. The summed E-state index contributed by atoms with van der Waals surface area (Å²) in [6, 6.07) is 9.27. The third kappa shape index (κ3) is 4.31. The van der Waals surface area contributed by atoms with Gasteiger partial charge in [-0.1, -0.05) is 23.7 Å². The molecule has 0 radical (unpaired) electrons. The van der Waals surface area contributed by atoms with Gasteiger partial charge in [0.25, 0.3) is 0 Å². The van der Waals surface area contributed by atoms with Gasteiger partial charge < -0.3 is 14.8 Å². The number of ether oxygens (including phenoxy) is 2. The number of benzene rings is 2. The molecule has 0 aromatic heterocycles. The van der Waals surface area contributed by atoms with Gasteiger partial charge in [0.15, 0.2) is 11.5 Å². The number of carbonyl (C=O) groups is 1. The van der Waals surface area contributed by atoms with Crippen LogP contribution in [0.5, 0.6) is 11.5 Å². The second-order valence-electron chi connectivity index (χ2n) is 5.64. The second kappa shape index (κ2) is 7.57. The lowest BCUT2D eigenvalue weighted by molar-refractivity contribution is -0.117. The predicted octanol–water partition coefficient (Wildman–Crippen LogP) is 4.14. The standard InChI is InChI=1S/C19H17ClFNO3/c1-12(14-3-5-15(21)6-4-14)22-18(23)7-2-13-10-16(20)19-17(11-13)24-8-9-25-19/h2-7,10-12H,8-9H2,1H3,(H,22,23)/b7-2+/t12-/m0/s1. The van der Waals surface area contributed by atoms with Gasteiger partial charge in [-0.15, -0.1) is 0 Å². The lowest BCUT2D eigenvalue weighted by Crippen LogP contribution is -2.24. The van der Waals surface area contributed by atoms with Crippen LogP contribution in [0.25, 0.3) is 6.08 Å². The van der Waals surface area contributed by atoms with Crippen molar-refractivity contribution in [3.05, 3.63) is 64.4 Å². The summed E-state index contributed by atoms with van der Waals surface area (Å²) >= 11 is 6.17. The molecule has 2 aromatic carbocycles. The van der Waals surface area contributed by atoms with Gasteiger partial charge in [0.1, 0.15) is 19.0 Å². The van der Waals surface area contributed by atoms with E-state index in [2.05, 4.69) is 5.32 Å².